The van der Waals surface area contributed by atoms with Gasteiger partial charge in [-0.25, -0.2) is 0 Å². The van der Waals surface area contributed by atoms with E-state index >= 15 is 0 Å². The van der Waals surface area contributed by atoms with Crippen LogP contribution in [0.3, 0.4) is 0 Å². The molecule has 0 aliphatic heterocycles. The van der Waals surface area contributed by atoms with E-state index < -0.39 is 35.4 Å². The molecule has 0 radical (unpaired) electrons. The average Bonchev–Trinajstić information content (AvgIpc) is 2.86. The van der Waals surface area contributed by atoms with Gasteiger partial charge in [-0.2, -0.15) is 0 Å². The van der Waals surface area contributed by atoms with Crippen LogP contribution in [0.5, 0.6) is 0 Å². The molecule has 0 saturated carbocycles. The fourth-order valence-electron chi connectivity index (χ4n) is 3.82. The molecule has 0 aliphatic carbocycles. The van der Waals surface area contributed by atoms with Gasteiger partial charge in [-0.3, -0.25) is 19.2 Å². The molecule has 0 unspecified atom stereocenters. The largest absolute Gasteiger partial charge is 0.463 e. The molecule has 0 saturated heterocycles. The minimum atomic E-state index is -0.742. The van der Waals surface area contributed by atoms with Crippen LogP contribution >= 0.6 is 0 Å². The third-order valence-electron chi connectivity index (χ3n) is 5.66. The lowest BCUT2D eigenvalue weighted by Crippen LogP contribution is -2.42. The molecule has 9 heteroatoms. The summed E-state index contributed by atoms with van der Waals surface area (Å²) >= 11 is 0. The molecule has 0 aliphatic rings. The highest BCUT2D eigenvalue weighted by Gasteiger charge is 2.28. The number of ether oxygens (including phenoxy) is 2. The summed E-state index contributed by atoms with van der Waals surface area (Å²) in [4.78, 5) is 52.3. The first kappa shape index (κ1) is 33.6. The number of amides is 2. The normalized spacial score (nSPS) is 13.4. The first-order chi connectivity index (χ1) is 18.4. The van der Waals surface area contributed by atoms with Crippen LogP contribution in [0.25, 0.3) is 0 Å². The molecule has 216 valence electrons. The molecule has 0 spiro atoms. The van der Waals surface area contributed by atoms with Gasteiger partial charge in [0.2, 0.25) is 11.8 Å². The van der Waals surface area contributed by atoms with Crippen molar-refractivity contribution in [1.29, 1.82) is 0 Å². The number of nitrogens with zero attached hydrogens (tertiary/aromatic N) is 1. The smallest absolute Gasteiger partial charge is 0.309 e. The molecule has 0 fully saturated rings. The Morgan fingerprint density at radius 3 is 2.21 bits per heavy atom. The lowest BCUT2D eigenvalue weighted by Gasteiger charge is -2.25. The Balaban J connectivity index is 2.71. The maximum absolute atomic E-state index is 13.0. The van der Waals surface area contributed by atoms with Crippen molar-refractivity contribution in [2.24, 2.45) is 11.8 Å². The SMILES string of the molecule is C=CC[C@H](CC(=O)N(CCO)Cc1ccccc1)C(=O)N[C@H](C)COC(=O)[C@@H](CC=C)CC(=O)OC(C)(C)C. The number of aliphatic hydroxyl groups excluding tert-OH is 1. The molecule has 1 rings (SSSR count). The fraction of sp³-hybridized carbons (Fsp3) is 0.533. The van der Waals surface area contributed by atoms with Crippen LogP contribution in [0.1, 0.15) is 58.9 Å². The van der Waals surface area contributed by atoms with E-state index in [1.165, 1.54) is 11.0 Å². The molecule has 2 amide bonds. The fourth-order valence-corrected chi connectivity index (χ4v) is 3.82. The van der Waals surface area contributed by atoms with Gasteiger partial charge < -0.3 is 24.8 Å². The Morgan fingerprint density at radius 1 is 1.03 bits per heavy atom. The highest BCUT2D eigenvalue weighted by Crippen LogP contribution is 2.17. The summed E-state index contributed by atoms with van der Waals surface area (Å²) < 4.78 is 10.7. The first-order valence-electron chi connectivity index (χ1n) is 13.2. The summed E-state index contributed by atoms with van der Waals surface area (Å²) in [6.07, 6.45) is 3.44. The van der Waals surface area contributed by atoms with E-state index in [1.807, 2.05) is 30.3 Å². The van der Waals surface area contributed by atoms with Crippen LogP contribution < -0.4 is 5.32 Å². The van der Waals surface area contributed by atoms with Crippen molar-refractivity contribution < 1.29 is 33.8 Å². The second-order valence-corrected chi connectivity index (χ2v) is 10.5. The van der Waals surface area contributed by atoms with Gasteiger partial charge in [0.1, 0.15) is 12.2 Å². The maximum atomic E-state index is 13.0. The highest BCUT2D eigenvalue weighted by atomic mass is 16.6. The van der Waals surface area contributed by atoms with Crippen LogP contribution in [0.2, 0.25) is 0 Å². The van der Waals surface area contributed by atoms with Crippen molar-refractivity contribution in [2.45, 2.75) is 71.6 Å². The molecule has 0 aromatic heterocycles. The van der Waals surface area contributed by atoms with Crippen molar-refractivity contribution in [3.05, 3.63) is 61.2 Å². The van der Waals surface area contributed by atoms with Crippen LogP contribution in [-0.4, -0.2) is 65.2 Å². The summed E-state index contributed by atoms with van der Waals surface area (Å²) in [5.74, 6) is -3.14. The number of allylic oxidation sites excluding steroid dienone is 2. The van der Waals surface area contributed by atoms with E-state index in [1.54, 1.807) is 33.8 Å². The molecular weight excluding hydrogens is 500 g/mol. The number of rotatable bonds is 17. The van der Waals surface area contributed by atoms with Gasteiger partial charge in [0.25, 0.3) is 0 Å². The highest BCUT2D eigenvalue weighted by molar-refractivity contribution is 5.86. The van der Waals surface area contributed by atoms with Crippen molar-refractivity contribution in [3.8, 4) is 0 Å². The Morgan fingerprint density at radius 2 is 1.64 bits per heavy atom. The third-order valence-corrected chi connectivity index (χ3v) is 5.66. The standard InChI is InChI=1S/C30H44N2O7/c1-7-12-24(18-26(34)32(16-17-33)20-23-14-10-9-11-15-23)28(36)31-22(3)21-38-29(37)25(13-8-2)19-27(35)39-30(4,5)6/h7-11,14-15,22,24-25,33H,1-2,12-13,16-21H2,3-6H3,(H,31,36)/t22-,24-,25+/m1/s1. The van der Waals surface area contributed by atoms with E-state index in [-0.39, 0.29) is 57.3 Å². The van der Waals surface area contributed by atoms with Gasteiger partial charge in [0.05, 0.1) is 30.9 Å². The number of hydrogen-bond donors (Lipinski definition) is 2. The summed E-state index contributed by atoms with van der Waals surface area (Å²) in [5, 5.41) is 12.2. The van der Waals surface area contributed by atoms with Crippen molar-refractivity contribution in [2.75, 3.05) is 19.8 Å². The van der Waals surface area contributed by atoms with E-state index in [4.69, 9.17) is 9.47 Å². The molecule has 9 nitrogen and oxygen atoms in total. The Kier molecular flexibility index (Phi) is 14.8. The zero-order valence-corrected chi connectivity index (χ0v) is 23.7. The van der Waals surface area contributed by atoms with E-state index in [2.05, 4.69) is 18.5 Å². The number of esters is 2. The summed E-state index contributed by atoms with van der Waals surface area (Å²) in [6, 6.07) is 8.87. The first-order valence-corrected chi connectivity index (χ1v) is 13.2. The summed E-state index contributed by atoms with van der Waals surface area (Å²) in [6.45, 7) is 14.4. The van der Waals surface area contributed by atoms with Crippen LogP contribution in [0, 0.1) is 11.8 Å². The van der Waals surface area contributed by atoms with Gasteiger partial charge in [-0.05, 0) is 46.1 Å². The lowest BCUT2D eigenvalue weighted by molar-refractivity contribution is -0.161. The molecule has 0 heterocycles. The van der Waals surface area contributed by atoms with Crippen LogP contribution in [0.15, 0.2) is 55.6 Å². The number of hydrogen-bond acceptors (Lipinski definition) is 7. The topological polar surface area (TPSA) is 122 Å². The second-order valence-electron chi connectivity index (χ2n) is 10.5. The monoisotopic (exact) mass is 544 g/mol. The zero-order chi connectivity index (χ0) is 29.4. The zero-order valence-electron chi connectivity index (χ0n) is 23.7. The molecule has 3 atom stereocenters. The minimum absolute atomic E-state index is 0.0610. The van der Waals surface area contributed by atoms with Gasteiger partial charge in [-0.15, -0.1) is 13.2 Å². The minimum Gasteiger partial charge on any atom is -0.463 e. The molecule has 1 aromatic rings. The van der Waals surface area contributed by atoms with E-state index in [0.717, 1.165) is 5.56 Å². The molecule has 39 heavy (non-hydrogen) atoms. The maximum Gasteiger partial charge on any atom is 0.309 e. The lowest BCUT2D eigenvalue weighted by atomic mass is 9.98. The summed E-state index contributed by atoms with van der Waals surface area (Å²) in [5.41, 5.74) is 0.249. The number of nitrogens with one attached hydrogen (secondary N) is 1. The molecule has 1 aromatic carbocycles. The van der Waals surface area contributed by atoms with E-state index in [9.17, 15) is 24.3 Å². The van der Waals surface area contributed by atoms with Gasteiger partial charge in [0.15, 0.2) is 0 Å². The van der Waals surface area contributed by atoms with E-state index in [0.29, 0.717) is 6.54 Å². The van der Waals surface area contributed by atoms with Gasteiger partial charge in [0, 0.05) is 19.5 Å². The Bertz CT molecular complexity index is 956. The molecule has 0 bridgehead atoms. The Labute approximate surface area is 232 Å². The Hall–Kier alpha value is -3.46. The van der Waals surface area contributed by atoms with Gasteiger partial charge >= 0.3 is 11.9 Å². The van der Waals surface area contributed by atoms with Crippen molar-refractivity contribution in [1.82, 2.24) is 10.2 Å². The average molecular weight is 545 g/mol. The predicted molar refractivity (Wildman–Crippen MR) is 149 cm³/mol. The molecule has 2 N–H and O–H groups in total. The number of benzene rings is 1. The number of carbonyl (C=O) groups excluding carboxylic acids is 4. The van der Waals surface area contributed by atoms with Crippen LogP contribution in [-0.2, 0) is 35.2 Å². The summed E-state index contributed by atoms with van der Waals surface area (Å²) in [7, 11) is 0. The number of carbonyl (C=O) groups is 4. The van der Waals surface area contributed by atoms with Crippen molar-refractivity contribution >= 4 is 23.8 Å². The van der Waals surface area contributed by atoms with Crippen LogP contribution in [0.4, 0.5) is 0 Å². The predicted octanol–water partition coefficient (Wildman–Crippen LogP) is 3.56. The van der Waals surface area contributed by atoms with Crippen molar-refractivity contribution in [3.63, 3.8) is 0 Å². The second kappa shape index (κ2) is 17.2. The number of aliphatic hydroxyl groups is 1. The quantitative estimate of drug-likeness (QED) is 0.227. The third kappa shape index (κ3) is 13.8. The molecular formula is C30H44N2O7. The van der Waals surface area contributed by atoms with Gasteiger partial charge in [-0.1, -0.05) is 42.5 Å².